The second-order valence-electron chi connectivity index (χ2n) is 3.68. The van der Waals surface area contributed by atoms with E-state index in [9.17, 15) is 0 Å². The number of ether oxygens (including phenoxy) is 1. The number of aromatic nitrogens is 2. The molecule has 0 saturated heterocycles. The van der Waals surface area contributed by atoms with Crippen molar-refractivity contribution in [3.05, 3.63) is 40.1 Å². The van der Waals surface area contributed by atoms with Crippen LogP contribution in [0.5, 0.6) is 5.75 Å². The monoisotopic (exact) mass is 282 g/mol. The van der Waals surface area contributed by atoms with Crippen LogP contribution in [0.2, 0.25) is 10.3 Å². The summed E-state index contributed by atoms with van der Waals surface area (Å²) in [5.41, 5.74) is 1.46. The first-order chi connectivity index (χ1) is 8.63. The summed E-state index contributed by atoms with van der Waals surface area (Å²) in [5, 5.41) is 0.715. The molecule has 5 heteroatoms. The van der Waals surface area contributed by atoms with Crippen LogP contribution < -0.4 is 4.74 Å². The zero-order chi connectivity index (χ0) is 13.1. The fourth-order valence-electron chi connectivity index (χ4n) is 1.52. The molecule has 0 aliphatic heterocycles. The van der Waals surface area contributed by atoms with E-state index >= 15 is 0 Å². The minimum absolute atomic E-state index is 0.358. The van der Waals surface area contributed by atoms with Gasteiger partial charge in [0.15, 0.2) is 5.82 Å². The van der Waals surface area contributed by atoms with Crippen LogP contribution in [-0.4, -0.2) is 16.6 Å². The molecule has 3 nitrogen and oxygen atoms in total. The van der Waals surface area contributed by atoms with Crippen molar-refractivity contribution in [1.29, 1.82) is 0 Å². The lowest BCUT2D eigenvalue weighted by atomic mass is 10.2. The summed E-state index contributed by atoms with van der Waals surface area (Å²) in [6.07, 6.45) is 0. The molecule has 0 aliphatic rings. The van der Waals surface area contributed by atoms with Crippen LogP contribution in [0.25, 0.3) is 11.4 Å². The van der Waals surface area contributed by atoms with Crippen molar-refractivity contribution in [1.82, 2.24) is 9.97 Å². The molecule has 0 fully saturated rings. The van der Waals surface area contributed by atoms with Crippen LogP contribution in [0.4, 0.5) is 0 Å². The number of nitrogens with zero attached hydrogens (tertiary/aromatic N) is 2. The van der Waals surface area contributed by atoms with Crippen LogP contribution in [0.1, 0.15) is 12.5 Å². The molecule has 0 amide bonds. The Labute approximate surface area is 116 Å². The molecule has 1 aromatic carbocycles. The predicted molar refractivity (Wildman–Crippen MR) is 73.4 cm³/mol. The molecular formula is C13H12Cl2N2O. The highest BCUT2D eigenvalue weighted by molar-refractivity contribution is 6.34. The van der Waals surface area contributed by atoms with Gasteiger partial charge in [-0.3, -0.25) is 0 Å². The second kappa shape index (κ2) is 5.55. The Morgan fingerprint density at radius 2 is 1.72 bits per heavy atom. The molecule has 2 aromatic rings. The Kier molecular flexibility index (Phi) is 4.04. The van der Waals surface area contributed by atoms with Crippen molar-refractivity contribution in [2.24, 2.45) is 0 Å². The zero-order valence-electron chi connectivity index (χ0n) is 10.1. The average Bonchev–Trinajstić information content (AvgIpc) is 2.36. The normalized spacial score (nSPS) is 10.4. The van der Waals surface area contributed by atoms with Gasteiger partial charge in [-0.25, -0.2) is 9.97 Å². The van der Waals surface area contributed by atoms with Gasteiger partial charge in [-0.05, 0) is 26.0 Å². The fourth-order valence-corrected chi connectivity index (χ4v) is 1.90. The van der Waals surface area contributed by atoms with E-state index in [1.165, 1.54) is 0 Å². The molecule has 18 heavy (non-hydrogen) atoms. The first kappa shape index (κ1) is 13.1. The quantitative estimate of drug-likeness (QED) is 0.793. The summed E-state index contributed by atoms with van der Waals surface area (Å²) in [6, 6.07) is 7.53. The van der Waals surface area contributed by atoms with Crippen molar-refractivity contribution in [2.75, 3.05) is 6.61 Å². The Hall–Kier alpha value is -1.32. The summed E-state index contributed by atoms with van der Waals surface area (Å²) in [7, 11) is 0. The smallest absolute Gasteiger partial charge is 0.166 e. The van der Waals surface area contributed by atoms with Gasteiger partial charge in [0.05, 0.1) is 12.2 Å². The first-order valence-corrected chi connectivity index (χ1v) is 6.31. The summed E-state index contributed by atoms with van der Waals surface area (Å²) in [6.45, 7) is 4.28. The molecule has 0 N–H and O–H groups in total. The zero-order valence-corrected chi connectivity index (χ0v) is 11.6. The largest absolute Gasteiger partial charge is 0.493 e. The van der Waals surface area contributed by atoms with E-state index in [4.69, 9.17) is 27.9 Å². The number of benzene rings is 1. The number of para-hydroxylation sites is 1. The van der Waals surface area contributed by atoms with Crippen LogP contribution in [0, 0.1) is 6.92 Å². The topological polar surface area (TPSA) is 35.0 Å². The van der Waals surface area contributed by atoms with E-state index < -0.39 is 0 Å². The SMILES string of the molecule is CCOc1ccccc1-c1nc(Cl)c(C)c(Cl)n1. The lowest BCUT2D eigenvalue weighted by molar-refractivity contribution is 0.341. The summed E-state index contributed by atoms with van der Waals surface area (Å²) in [5.74, 6) is 1.19. The van der Waals surface area contributed by atoms with E-state index in [0.29, 0.717) is 28.3 Å². The highest BCUT2D eigenvalue weighted by Crippen LogP contribution is 2.30. The summed E-state index contributed by atoms with van der Waals surface area (Å²) < 4.78 is 5.54. The Bertz CT molecular complexity index is 550. The third kappa shape index (κ3) is 2.57. The molecule has 2 rings (SSSR count). The minimum atomic E-state index is 0.358. The third-order valence-electron chi connectivity index (χ3n) is 2.45. The van der Waals surface area contributed by atoms with Gasteiger partial charge in [-0.1, -0.05) is 35.3 Å². The minimum Gasteiger partial charge on any atom is -0.493 e. The first-order valence-electron chi connectivity index (χ1n) is 5.55. The van der Waals surface area contributed by atoms with Gasteiger partial charge in [0, 0.05) is 5.56 Å². The van der Waals surface area contributed by atoms with Crippen molar-refractivity contribution in [3.8, 4) is 17.1 Å². The maximum Gasteiger partial charge on any atom is 0.166 e. The molecule has 94 valence electrons. The van der Waals surface area contributed by atoms with Crippen LogP contribution in [-0.2, 0) is 0 Å². The van der Waals surface area contributed by atoms with E-state index in [2.05, 4.69) is 9.97 Å². The van der Waals surface area contributed by atoms with Gasteiger partial charge in [-0.15, -0.1) is 0 Å². The van der Waals surface area contributed by atoms with Gasteiger partial charge in [0.1, 0.15) is 16.1 Å². The van der Waals surface area contributed by atoms with Crippen molar-refractivity contribution in [2.45, 2.75) is 13.8 Å². The second-order valence-corrected chi connectivity index (χ2v) is 4.40. The summed E-state index contributed by atoms with van der Waals surface area (Å²) in [4.78, 5) is 8.47. The van der Waals surface area contributed by atoms with Crippen LogP contribution in [0.3, 0.4) is 0 Å². The van der Waals surface area contributed by atoms with Crippen molar-refractivity contribution in [3.63, 3.8) is 0 Å². The van der Waals surface area contributed by atoms with Gasteiger partial charge >= 0.3 is 0 Å². The fraction of sp³-hybridized carbons (Fsp3) is 0.231. The summed E-state index contributed by atoms with van der Waals surface area (Å²) >= 11 is 12.0. The molecule has 0 atom stereocenters. The Morgan fingerprint density at radius 1 is 1.11 bits per heavy atom. The molecule has 0 spiro atoms. The third-order valence-corrected chi connectivity index (χ3v) is 3.19. The predicted octanol–water partition coefficient (Wildman–Crippen LogP) is 4.16. The highest BCUT2D eigenvalue weighted by atomic mass is 35.5. The highest BCUT2D eigenvalue weighted by Gasteiger charge is 2.12. The maximum atomic E-state index is 6.02. The Morgan fingerprint density at radius 3 is 2.33 bits per heavy atom. The van der Waals surface area contributed by atoms with Gasteiger partial charge in [0.25, 0.3) is 0 Å². The average molecular weight is 283 g/mol. The molecule has 0 bridgehead atoms. The van der Waals surface area contributed by atoms with E-state index in [1.807, 2.05) is 31.2 Å². The van der Waals surface area contributed by atoms with E-state index in [-0.39, 0.29) is 0 Å². The van der Waals surface area contributed by atoms with Gasteiger partial charge in [-0.2, -0.15) is 0 Å². The van der Waals surface area contributed by atoms with Gasteiger partial charge in [0.2, 0.25) is 0 Å². The lowest BCUT2D eigenvalue weighted by Gasteiger charge is -2.10. The van der Waals surface area contributed by atoms with E-state index in [0.717, 1.165) is 11.3 Å². The molecule has 0 saturated carbocycles. The Balaban J connectivity index is 2.55. The number of hydrogen-bond donors (Lipinski definition) is 0. The lowest BCUT2D eigenvalue weighted by Crippen LogP contribution is -1.98. The van der Waals surface area contributed by atoms with Crippen LogP contribution >= 0.6 is 23.2 Å². The van der Waals surface area contributed by atoms with E-state index in [1.54, 1.807) is 6.92 Å². The molecule has 1 aromatic heterocycles. The molecule has 0 radical (unpaired) electrons. The molecule has 0 unspecified atom stereocenters. The van der Waals surface area contributed by atoms with Crippen LogP contribution in [0.15, 0.2) is 24.3 Å². The molecule has 0 aliphatic carbocycles. The van der Waals surface area contributed by atoms with Crippen molar-refractivity contribution < 1.29 is 4.74 Å². The number of halogens is 2. The number of hydrogen-bond acceptors (Lipinski definition) is 3. The standard InChI is InChI=1S/C13H12Cl2N2O/c1-3-18-10-7-5-4-6-9(10)13-16-11(14)8(2)12(15)17-13/h4-7H,3H2,1-2H3. The molecular weight excluding hydrogens is 271 g/mol. The maximum absolute atomic E-state index is 6.02. The van der Waals surface area contributed by atoms with Gasteiger partial charge < -0.3 is 4.74 Å². The number of rotatable bonds is 3. The molecule has 1 heterocycles. The van der Waals surface area contributed by atoms with Crippen molar-refractivity contribution >= 4 is 23.2 Å².